The van der Waals surface area contributed by atoms with Gasteiger partial charge in [-0.25, -0.2) is 0 Å². The van der Waals surface area contributed by atoms with Crippen molar-refractivity contribution in [2.45, 2.75) is 39.7 Å². The molecule has 0 saturated heterocycles. The highest BCUT2D eigenvalue weighted by atomic mass is 16.5. The van der Waals surface area contributed by atoms with Gasteiger partial charge in [-0.05, 0) is 38.0 Å². The fraction of sp³-hybridized carbons (Fsp3) is 0.438. The van der Waals surface area contributed by atoms with Gasteiger partial charge in [0.2, 0.25) is 0 Å². The molecule has 2 aromatic rings. The first kappa shape index (κ1) is 13.7. The van der Waals surface area contributed by atoms with Gasteiger partial charge in [0.15, 0.2) is 0 Å². The van der Waals surface area contributed by atoms with Gasteiger partial charge in [0.05, 0.1) is 12.1 Å². The molecule has 0 N–H and O–H groups in total. The maximum atomic E-state index is 11.0. The third-order valence-electron chi connectivity index (χ3n) is 3.16. The van der Waals surface area contributed by atoms with Crippen LogP contribution < -0.4 is 4.74 Å². The standard InChI is InChI=1S/C16H21NO2/c1-3-12-19-16-8-4-7-15-14(16)9-11-17(15)10-5-6-13(2)18/h4,7-9,11H,3,5-6,10,12H2,1-2H3. The predicted octanol–water partition coefficient (Wildman–Crippen LogP) is 3.80. The zero-order valence-corrected chi connectivity index (χ0v) is 11.7. The van der Waals surface area contributed by atoms with Crippen molar-refractivity contribution in [1.82, 2.24) is 4.57 Å². The summed E-state index contributed by atoms with van der Waals surface area (Å²) in [6, 6.07) is 8.22. The second-order valence-electron chi connectivity index (χ2n) is 4.85. The lowest BCUT2D eigenvalue weighted by Crippen LogP contribution is -1.99. The lowest BCUT2D eigenvalue weighted by molar-refractivity contribution is -0.117. The molecule has 0 saturated carbocycles. The molecule has 0 aliphatic carbocycles. The fourth-order valence-electron chi connectivity index (χ4n) is 2.23. The van der Waals surface area contributed by atoms with E-state index in [1.165, 1.54) is 5.52 Å². The van der Waals surface area contributed by atoms with Crippen LogP contribution in [0.3, 0.4) is 0 Å². The number of carbonyl (C=O) groups excluding carboxylic acids is 1. The van der Waals surface area contributed by atoms with Crippen LogP contribution in [0, 0.1) is 0 Å². The lowest BCUT2D eigenvalue weighted by Gasteiger charge is -2.08. The van der Waals surface area contributed by atoms with Crippen LogP contribution in [0.4, 0.5) is 0 Å². The van der Waals surface area contributed by atoms with Gasteiger partial charge in [-0.15, -0.1) is 0 Å². The summed E-state index contributed by atoms with van der Waals surface area (Å²) in [6.07, 6.45) is 4.62. The predicted molar refractivity (Wildman–Crippen MR) is 77.6 cm³/mol. The minimum absolute atomic E-state index is 0.253. The van der Waals surface area contributed by atoms with Crippen molar-refractivity contribution in [3.63, 3.8) is 0 Å². The number of ether oxygens (including phenoxy) is 1. The van der Waals surface area contributed by atoms with Gasteiger partial charge in [-0.1, -0.05) is 13.0 Å². The Morgan fingerprint density at radius 1 is 1.32 bits per heavy atom. The van der Waals surface area contributed by atoms with E-state index in [4.69, 9.17) is 4.74 Å². The van der Waals surface area contributed by atoms with Crippen LogP contribution in [0.5, 0.6) is 5.75 Å². The normalized spacial score (nSPS) is 10.8. The molecular formula is C16H21NO2. The van der Waals surface area contributed by atoms with Crippen molar-refractivity contribution in [3.05, 3.63) is 30.5 Å². The summed E-state index contributed by atoms with van der Waals surface area (Å²) in [7, 11) is 0. The molecule has 0 aliphatic heterocycles. The number of aryl methyl sites for hydroxylation is 1. The minimum Gasteiger partial charge on any atom is -0.493 e. The molecule has 1 aromatic carbocycles. The Morgan fingerprint density at radius 3 is 2.89 bits per heavy atom. The summed E-state index contributed by atoms with van der Waals surface area (Å²) in [5, 5.41) is 1.15. The Balaban J connectivity index is 2.15. The van der Waals surface area contributed by atoms with E-state index in [2.05, 4.69) is 29.8 Å². The molecule has 0 amide bonds. The van der Waals surface area contributed by atoms with Gasteiger partial charge in [0.1, 0.15) is 11.5 Å². The number of carbonyl (C=O) groups is 1. The van der Waals surface area contributed by atoms with E-state index >= 15 is 0 Å². The molecule has 0 spiro atoms. The lowest BCUT2D eigenvalue weighted by atomic mass is 10.2. The van der Waals surface area contributed by atoms with Crippen molar-refractivity contribution < 1.29 is 9.53 Å². The summed E-state index contributed by atoms with van der Waals surface area (Å²) in [4.78, 5) is 11.0. The highest BCUT2D eigenvalue weighted by Crippen LogP contribution is 2.27. The molecule has 0 aliphatic rings. The van der Waals surface area contributed by atoms with E-state index in [9.17, 15) is 4.79 Å². The topological polar surface area (TPSA) is 31.2 Å². The molecule has 0 bridgehead atoms. The fourth-order valence-corrected chi connectivity index (χ4v) is 2.23. The number of benzene rings is 1. The van der Waals surface area contributed by atoms with Gasteiger partial charge in [-0.2, -0.15) is 0 Å². The van der Waals surface area contributed by atoms with Crippen molar-refractivity contribution in [2.24, 2.45) is 0 Å². The largest absolute Gasteiger partial charge is 0.493 e. The van der Waals surface area contributed by atoms with Crippen LogP contribution >= 0.6 is 0 Å². The average molecular weight is 259 g/mol. The number of fused-ring (bicyclic) bond motifs is 1. The smallest absolute Gasteiger partial charge is 0.129 e. The van der Waals surface area contributed by atoms with Crippen molar-refractivity contribution in [1.29, 1.82) is 0 Å². The van der Waals surface area contributed by atoms with Gasteiger partial charge < -0.3 is 14.1 Å². The van der Waals surface area contributed by atoms with E-state index in [1.807, 2.05) is 12.1 Å². The van der Waals surface area contributed by atoms with E-state index in [1.54, 1.807) is 6.92 Å². The molecule has 102 valence electrons. The van der Waals surface area contributed by atoms with E-state index < -0.39 is 0 Å². The van der Waals surface area contributed by atoms with E-state index in [0.29, 0.717) is 6.42 Å². The summed E-state index contributed by atoms with van der Waals surface area (Å²) in [5.41, 5.74) is 1.18. The van der Waals surface area contributed by atoms with Gasteiger partial charge in [-0.3, -0.25) is 0 Å². The highest BCUT2D eigenvalue weighted by Gasteiger charge is 2.06. The van der Waals surface area contributed by atoms with Gasteiger partial charge in [0, 0.05) is 24.5 Å². The first-order valence-electron chi connectivity index (χ1n) is 6.92. The summed E-state index contributed by atoms with van der Waals surface area (Å²) < 4.78 is 7.95. The molecule has 0 radical (unpaired) electrons. The molecule has 1 heterocycles. The summed E-state index contributed by atoms with van der Waals surface area (Å²) >= 11 is 0. The number of aromatic nitrogens is 1. The first-order valence-corrected chi connectivity index (χ1v) is 6.92. The van der Waals surface area contributed by atoms with Crippen LogP contribution in [0.2, 0.25) is 0 Å². The first-order chi connectivity index (χ1) is 9.22. The number of ketones is 1. The number of rotatable bonds is 7. The number of nitrogens with zero attached hydrogens (tertiary/aromatic N) is 1. The Kier molecular flexibility index (Phi) is 4.61. The van der Waals surface area contributed by atoms with Gasteiger partial charge in [0.25, 0.3) is 0 Å². The molecule has 3 heteroatoms. The molecule has 0 fully saturated rings. The monoisotopic (exact) mass is 259 g/mol. The molecule has 2 rings (SSSR count). The zero-order chi connectivity index (χ0) is 13.7. The van der Waals surface area contributed by atoms with E-state index in [-0.39, 0.29) is 5.78 Å². The molecule has 19 heavy (non-hydrogen) atoms. The second-order valence-corrected chi connectivity index (χ2v) is 4.85. The van der Waals surface area contributed by atoms with Crippen LogP contribution in [0.1, 0.15) is 33.1 Å². The van der Waals surface area contributed by atoms with Crippen LogP contribution in [-0.2, 0) is 11.3 Å². The minimum atomic E-state index is 0.253. The molecule has 0 atom stereocenters. The number of hydrogen-bond acceptors (Lipinski definition) is 2. The SMILES string of the molecule is CCCOc1cccc2c1ccn2CCCC(C)=O. The third-order valence-corrected chi connectivity index (χ3v) is 3.16. The van der Waals surface area contributed by atoms with Crippen LogP contribution in [-0.4, -0.2) is 17.0 Å². The third kappa shape index (κ3) is 3.37. The molecule has 0 unspecified atom stereocenters. The Morgan fingerprint density at radius 2 is 2.16 bits per heavy atom. The van der Waals surface area contributed by atoms with Crippen molar-refractivity contribution in [2.75, 3.05) is 6.61 Å². The van der Waals surface area contributed by atoms with Crippen LogP contribution in [0.15, 0.2) is 30.5 Å². The second kappa shape index (κ2) is 6.41. The Labute approximate surface area is 114 Å². The Bertz CT molecular complexity index is 557. The Hall–Kier alpha value is -1.77. The molecule has 1 aromatic heterocycles. The maximum absolute atomic E-state index is 11.0. The molecule has 3 nitrogen and oxygen atoms in total. The number of hydrogen-bond donors (Lipinski definition) is 0. The zero-order valence-electron chi connectivity index (χ0n) is 11.7. The summed E-state index contributed by atoms with van der Waals surface area (Å²) in [6.45, 7) is 5.37. The summed E-state index contributed by atoms with van der Waals surface area (Å²) in [5.74, 6) is 1.20. The highest BCUT2D eigenvalue weighted by molar-refractivity contribution is 5.86. The quantitative estimate of drug-likeness (QED) is 0.757. The van der Waals surface area contributed by atoms with E-state index in [0.717, 1.165) is 37.1 Å². The van der Waals surface area contributed by atoms with Crippen molar-refractivity contribution >= 4 is 16.7 Å². The van der Waals surface area contributed by atoms with Gasteiger partial charge >= 0.3 is 0 Å². The van der Waals surface area contributed by atoms with Crippen molar-refractivity contribution in [3.8, 4) is 5.75 Å². The van der Waals surface area contributed by atoms with Crippen LogP contribution in [0.25, 0.3) is 10.9 Å². The number of Topliss-reactive ketones (excluding diaryl/α,β-unsaturated/α-hetero) is 1. The average Bonchev–Trinajstić information content (AvgIpc) is 2.80. The molecular weight excluding hydrogens is 238 g/mol. The maximum Gasteiger partial charge on any atom is 0.129 e.